The standard InChI is InChI=1S/C9H12N4O2/c1-15-9(14)8-7(11)6-13(12-8)5-3-2-4-10/h6H,2-3,5,11H2,1H3. The number of carbonyl (C=O) groups is 1. The molecule has 6 nitrogen and oxygen atoms in total. The molecule has 1 aromatic heterocycles. The van der Waals surface area contributed by atoms with Crippen LogP contribution in [0.4, 0.5) is 5.69 Å². The van der Waals surface area contributed by atoms with E-state index in [9.17, 15) is 4.79 Å². The first-order chi connectivity index (χ1) is 7.19. The summed E-state index contributed by atoms with van der Waals surface area (Å²) in [6, 6.07) is 2.03. The highest BCUT2D eigenvalue weighted by Crippen LogP contribution is 2.10. The highest BCUT2D eigenvalue weighted by molar-refractivity contribution is 5.92. The number of hydrogen-bond donors (Lipinski definition) is 1. The number of nitrogen functional groups attached to an aromatic ring is 1. The first kappa shape index (κ1) is 11.0. The number of hydrogen-bond acceptors (Lipinski definition) is 5. The molecule has 0 radical (unpaired) electrons. The number of rotatable bonds is 4. The van der Waals surface area contributed by atoms with Crippen molar-refractivity contribution in [3.05, 3.63) is 11.9 Å². The largest absolute Gasteiger partial charge is 0.464 e. The van der Waals surface area contributed by atoms with Crippen LogP contribution in [0.5, 0.6) is 0 Å². The summed E-state index contributed by atoms with van der Waals surface area (Å²) in [6.07, 6.45) is 2.69. The van der Waals surface area contributed by atoms with Crippen LogP contribution in [0.25, 0.3) is 0 Å². The van der Waals surface area contributed by atoms with Crippen molar-refractivity contribution in [1.29, 1.82) is 5.26 Å². The summed E-state index contributed by atoms with van der Waals surface area (Å²) in [5, 5.41) is 12.3. The van der Waals surface area contributed by atoms with Gasteiger partial charge in [0.1, 0.15) is 0 Å². The number of ether oxygens (including phenoxy) is 1. The van der Waals surface area contributed by atoms with Crippen LogP contribution in [-0.2, 0) is 11.3 Å². The van der Waals surface area contributed by atoms with Crippen molar-refractivity contribution >= 4 is 11.7 Å². The topological polar surface area (TPSA) is 93.9 Å². The van der Waals surface area contributed by atoms with Crippen molar-refractivity contribution in [2.24, 2.45) is 0 Å². The molecule has 15 heavy (non-hydrogen) atoms. The van der Waals surface area contributed by atoms with E-state index in [1.165, 1.54) is 7.11 Å². The molecule has 0 aliphatic carbocycles. The lowest BCUT2D eigenvalue weighted by Gasteiger charge is -1.96. The van der Waals surface area contributed by atoms with Crippen molar-refractivity contribution < 1.29 is 9.53 Å². The number of unbranched alkanes of at least 4 members (excludes halogenated alkanes) is 1. The molecule has 1 aromatic rings. The molecule has 0 atom stereocenters. The molecule has 0 saturated carbocycles. The number of aromatic nitrogens is 2. The predicted molar refractivity (Wildman–Crippen MR) is 52.8 cm³/mol. The summed E-state index contributed by atoms with van der Waals surface area (Å²) in [5.74, 6) is -0.550. The summed E-state index contributed by atoms with van der Waals surface area (Å²) in [7, 11) is 1.27. The third kappa shape index (κ3) is 2.71. The second-order valence-corrected chi connectivity index (χ2v) is 2.95. The fraction of sp³-hybridized carbons (Fsp3) is 0.444. The predicted octanol–water partition coefficient (Wildman–Crippen LogP) is 0.556. The molecule has 0 aliphatic heterocycles. The van der Waals surface area contributed by atoms with Gasteiger partial charge in [-0.1, -0.05) is 0 Å². The fourth-order valence-electron chi connectivity index (χ4n) is 1.13. The molecule has 2 N–H and O–H groups in total. The average molecular weight is 208 g/mol. The second kappa shape index (κ2) is 5.00. The van der Waals surface area contributed by atoms with Gasteiger partial charge in [0.15, 0.2) is 5.69 Å². The van der Waals surface area contributed by atoms with Gasteiger partial charge < -0.3 is 10.5 Å². The van der Waals surface area contributed by atoms with Crippen molar-refractivity contribution in [2.45, 2.75) is 19.4 Å². The van der Waals surface area contributed by atoms with E-state index in [2.05, 4.69) is 9.84 Å². The van der Waals surface area contributed by atoms with Crippen LogP contribution in [-0.4, -0.2) is 22.9 Å². The Morgan fingerprint density at radius 1 is 1.80 bits per heavy atom. The van der Waals surface area contributed by atoms with E-state index in [4.69, 9.17) is 11.0 Å². The smallest absolute Gasteiger partial charge is 0.360 e. The average Bonchev–Trinajstić information content (AvgIpc) is 2.59. The van der Waals surface area contributed by atoms with Crippen LogP contribution in [0, 0.1) is 11.3 Å². The van der Waals surface area contributed by atoms with E-state index in [1.807, 2.05) is 6.07 Å². The zero-order chi connectivity index (χ0) is 11.3. The Morgan fingerprint density at radius 2 is 2.53 bits per heavy atom. The van der Waals surface area contributed by atoms with E-state index in [0.717, 1.165) is 0 Å². The molecule has 0 aliphatic rings. The summed E-state index contributed by atoms with van der Waals surface area (Å²) >= 11 is 0. The monoisotopic (exact) mass is 208 g/mol. The third-order valence-electron chi connectivity index (χ3n) is 1.84. The number of aryl methyl sites for hydroxylation is 1. The number of esters is 1. The first-order valence-electron chi connectivity index (χ1n) is 4.47. The highest BCUT2D eigenvalue weighted by Gasteiger charge is 2.14. The molecule has 80 valence electrons. The normalized spacial score (nSPS) is 9.60. The molecule has 0 bridgehead atoms. The number of carbonyl (C=O) groups excluding carboxylic acids is 1. The Morgan fingerprint density at radius 3 is 3.13 bits per heavy atom. The number of nitriles is 1. The minimum absolute atomic E-state index is 0.120. The van der Waals surface area contributed by atoms with Gasteiger partial charge in [-0.15, -0.1) is 0 Å². The second-order valence-electron chi connectivity index (χ2n) is 2.95. The zero-order valence-corrected chi connectivity index (χ0v) is 8.43. The Labute approximate surface area is 87.2 Å². The summed E-state index contributed by atoms with van der Waals surface area (Å²) in [4.78, 5) is 11.1. The first-order valence-corrected chi connectivity index (χ1v) is 4.47. The van der Waals surface area contributed by atoms with Crippen LogP contribution in [0.3, 0.4) is 0 Å². The van der Waals surface area contributed by atoms with Crippen molar-refractivity contribution in [1.82, 2.24) is 9.78 Å². The molecule has 0 spiro atoms. The lowest BCUT2D eigenvalue weighted by Crippen LogP contribution is -2.06. The molecular weight excluding hydrogens is 196 g/mol. The van der Waals surface area contributed by atoms with Crippen LogP contribution in [0.1, 0.15) is 23.3 Å². The van der Waals surface area contributed by atoms with Crippen LogP contribution >= 0.6 is 0 Å². The van der Waals surface area contributed by atoms with Crippen molar-refractivity contribution in [3.63, 3.8) is 0 Å². The Kier molecular flexibility index (Phi) is 3.68. The van der Waals surface area contributed by atoms with E-state index < -0.39 is 5.97 Å². The van der Waals surface area contributed by atoms with Gasteiger partial charge in [-0.2, -0.15) is 10.4 Å². The molecule has 1 heterocycles. The highest BCUT2D eigenvalue weighted by atomic mass is 16.5. The van der Waals surface area contributed by atoms with E-state index in [0.29, 0.717) is 25.1 Å². The molecule has 0 saturated heterocycles. The minimum atomic E-state index is -0.550. The van der Waals surface area contributed by atoms with E-state index in [-0.39, 0.29) is 5.69 Å². The number of nitrogens with two attached hydrogens (primary N) is 1. The molecule has 0 unspecified atom stereocenters. The molecule has 0 fully saturated rings. The third-order valence-corrected chi connectivity index (χ3v) is 1.84. The van der Waals surface area contributed by atoms with Crippen LogP contribution < -0.4 is 5.73 Å². The quantitative estimate of drug-likeness (QED) is 0.576. The SMILES string of the molecule is COC(=O)c1nn(CCCC#N)cc1N. The van der Waals surface area contributed by atoms with Crippen LogP contribution in [0.15, 0.2) is 6.20 Å². The van der Waals surface area contributed by atoms with Gasteiger partial charge in [-0.3, -0.25) is 4.68 Å². The van der Waals surface area contributed by atoms with Gasteiger partial charge >= 0.3 is 5.97 Å². The molecule has 6 heteroatoms. The lowest BCUT2D eigenvalue weighted by atomic mass is 10.3. The number of nitrogens with zero attached hydrogens (tertiary/aromatic N) is 3. The maximum atomic E-state index is 11.1. The van der Waals surface area contributed by atoms with Crippen molar-refractivity contribution in [3.8, 4) is 6.07 Å². The summed E-state index contributed by atoms with van der Waals surface area (Å²) in [6.45, 7) is 0.564. The molecule has 0 amide bonds. The molecule has 1 rings (SSSR count). The van der Waals surface area contributed by atoms with Gasteiger partial charge in [0.05, 0.1) is 18.9 Å². The Hall–Kier alpha value is -2.03. The lowest BCUT2D eigenvalue weighted by molar-refractivity contribution is 0.0594. The van der Waals surface area contributed by atoms with Gasteiger partial charge in [0.25, 0.3) is 0 Å². The minimum Gasteiger partial charge on any atom is -0.464 e. The van der Waals surface area contributed by atoms with Gasteiger partial charge in [0.2, 0.25) is 0 Å². The maximum Gasteiger partial charge on any atom is 0.360 e. The number of methoxy groups -OCH3 is 1. The van der Waals surface area contributed by atoms with Gasteiger partial charge in [0, 0.05) is 19.2 Å². The van der Waals surface area contributed by atoms with E-state index in [1.54, 1.807) is 10.9 Å². The van der Waals surface area contributed by atoms with Crippen molar-refractivity contribution in [2.75, 3.05) is 12.8 Å². The Balaban J connectivity index is 2.69. The Bertz CT molecular complexity index is 391. The fourth-order valence-corrected chi connectivity index (χ4v) is 1.13. The number of anilines is 1. The van der Waals surface area contributed by atoms with Gasteiger partial charge in [-0.25, -0.2) is 4.79 Å². The molecule has 0 aromatic carbocycles. The zero-order valence-electron chi connectivity index (χ0n) is 8.43. The summed E-state index contributed by atoms with van der Waals surface area (Å²) in [5.41, 5.74) is 5.98. The van der Waals surface area contributed by atoms with Gasteiger partial charge in [-0.05, 0) is 6.42 Å². The molecular formula is C9H12N4O2. The summed E-state index contributed by atoms with van der Waals surface area (Å²) < 4.78 is 6.05. The van der Waals surface area contributed by atoms with E-state index >= 15 is 0 Å². The maximum absolute atomic E-state index is 11.1. The van der Waals surface area contributed by atoms with Crippen LogP contribution in [0.2, 0.25) is 0 Å².